The van der Waals surface area contributed by atoms with Crippen molar-refractivity contribution in [2.24, 2.45) is 5.73 Å². The Morgan fingerprint density at radius 3 is 2.36 bits per heavy atom. The number of hydrogen-bond donors (Lipinski definition) is 2. The number of aromatic nitrogens is 3. The molecule has 0 aliphatic heterocycles. The summed E-state index contributed by atoms with van der Waals surface area (Å²) in [4.78, 5) is 0. The van der Waals surface area contributed by atoms with Gasteiger partial charge in [-0.25, -0.2) is 0 Å². The molecule has 0 atom stereocenters. The average Bonchev–Trinajstić information content (AvgIpc) is 3.14. The van der Waals surface area contributed by atoms with Gasteiger partial charge in [0.05, 0.1) is 0 Å². The Kier molecular flexibility index (Phi) is 4.14. The van der Waals surface area contributed by atoms with Gasteiger partial charge in [-0.05, 0) is 11.1 Å². The van der Waals surface area contributed by atoms with Gasteiger partial charge in [-0.3, -0.25) is 0 Å². The minimum atomic E-state index is 0.358. The van der Waals surface area contributed by atoms with Crippen molar-refractivity contribution < 1.29 is 4.74 Å². The highest BCUT2D eigenvalue weighted by Gasteiger charge is 2.18. The molecule has 0 unspecified atom stereocenters. The third-order valence-corrected chi connectivity index (χ3v) is 4.18. The van der Waals surface area contributed by atoms with E-state index < -0.39 is 0 Å². The lowest BCUT2D eigenvalue weighted by molar-refractivity contribution is 0.303. The summed E-state index contributed by atoms with van der Waals surface area (Å²) in [5.41, 5.74) is 11.7. The summed E-state index contributed by atoms with van der Waals surface area (Å²) < 4.78 is 6.09. The molecule has 3 aromatic carbocycles. The van der Waals surface area contributed by atoms with Crippen LogP contribution in [-0.2, 0) is 13.2 Å². The molecule has 0 saturated heterocycles. The first kappa shape index (κ1) is 15.4. The van der Waals surface area contributed by atoms with Crippen molar-refractivity contribution in [3.63, 3.8) is 0 Å². The topological polar surface area (TPSA) is 76.8 Å². The van der Waals surface area contributed by atoms with Crippen LogP contribution in [0.25, 0.3) is 22.2 Å². The van der Waals surface area contributed by atoms with Crippen LogP contribution in [0.4, 0.5) is 0 Å². The minimum absolute atomic E-state index is 0.358. The monoisotopic (exact) mass is 330 g/mol. The second kappa shape index (κ2) is 6.75. The van der Waals surface area contributed by atoms with Crippen LogP contribution >= 0.6 is 0 Å². The van der Waals surface area contributed by atoms with Gasteiger partial charge in [-0.15, -0.1) is 0 Å². The largest absolute Gasteiger partial charge is 0.488 e. The smallest absolute Gasteiger partial charge is 0.127 e. The molecule has 3 N–H and O–H groups in total. The lowest BCUT2D eigenvalue weighted by Gasteiger charge is -2.15. The van der Waals surface area contributed by atoms with Crippen molar-refractivity contribution in [3.05, 3.63) is 77.9 Å². The predicted molar refractivity (Wildman–Crippen MR) is 98.0 cm³/mol. The average molecular weight is 330 g/mol. The Labute approximate surface area is 145 Å². The molecule has 0 spiro atoms. The molecule has 124 valence electrons. The fourth-order valence-corrected chi connectivity index (χ4v) is 2.98. The van der Waals surface area contributed by atoms with Gasteiger partial charge in [-0.1, -0.05) is 60.7 Å². The molecule has 4 rings (SSSR count). The fourth-order valence-electron chi connectivity index (χ4n) is 2.98. The number of nitrogens with one attached hydrogen (secondary N) is 1. The summed E-state index contributed by atoms with van der Waals surface area (Å²) in [5, 5.41) is 11.3. The Hall–Kier alpha value is -3.18. The molecule has 1 heterocycles. The summed E-state index contributed by atoms with van der Waals surface area (Å²) in [5.74, 6) is 0.742. The van der Waals surface area contributed by atoms with Crippen LogP contribution in [0.5, 0.6) is 5.75 Å². The second-order valence-corrected chi connectivity index (χ2v) is 5.76. The number of H-pyrrole nitrogens is 1. The first-order chi connectivity index (χ1) is 12.4. The lowest BCUT2D eigenvalue weighted by atomic mass is 9.97. The first-order valence-electron chi connectivity index (χ1n) is 8.15. The quantitative estimate of drug-likeness (QED) is 0.585. The summed E-state index contributed by atoms with van der Waals surface area (Å²) in [6, 6.07) is 22.0. The number of benzene rings is 3. The maximum atomic E-state index is 6.09. The van der Waals surface area contributed by atoms with Crippen molar-refractivity contribution in [1.29, 1.82) is 0 Å². The SMILES string of the molecule is NCc1c(OCc2ccccc2)cc2n[nH]nc2c1-c1ccccc1. The van der Waals surface area contributed by atoms with Crippen molar-refractivity contribution >= 4 is 11.0 Å². The minimum Gasteiger partial charge on any atom is -0.488 e. The molecular formula is C20H18N4O. The molecule has 0 saturated carbocycles. The molecule has 0 amide bonds. The highest BCUT2D eigenvalue weighted by atomic mass is 16.5. The molecule has 1 aromatic heterocycles. The van der Waals surface area contributed by atoms with E-state index >= 15 is 0 Å². The van der Waals surface area contributed by atoms with Crippen LogP contribution < -0.4 is 10.5 Å². The second-order valence-electron chi connectivity index (χ2n) is 5.76. The first-order valence-corrected chi connectivity index (χ1v) is 8.15. The van der Waals surface area contributed by atoms with Crippen LogP contribution in [0.3, 0.4) is 0 Å². The van der Waals surface area contributed by atoms with E-state index in [0.29, 0.717) is 13.2 Å². The summed E-state index contributed by atoms with van der Waals surface area (Å²) >= 11 is 0. The van der Waals surface area contributed by atoms with E-state index in [0.717, 1.165) is 39.0 Å². The third kappa shape index (κ3) is 2.97. The van der Waals surface area contributed by atoms with Crippen molar-refractivity contribution in [2.45, 2.75) is 13.2 Å². The number of hydrogen-bond acceptors (Lipinski definition) is 4. The lowest BCUT2D eigenvalue weighted by Crippen LogP contribution is -2.05. The molecule has 25 heavy (non-hydrogen) atoms. The maximum absolute atomic E-state index is 6.09. The van der Waals surface area contributed by atoms with Gasteiger partial charge in [0.2, 0.25) is 0 Å². The zero-order valence-electron chi connectivity index (χ0n) is 13.6. The molecule has 0 bridgehead atoms. The van der Waals surface area contributed by atoms with Crippen molar-refractivity contribution in [3.8, 4) is 16.9 Å². The molecule has 5 nitrogen and oxygen atoms in total. The zero-order chi connectivity index (χ0) is 17.1. The van der Waals surface area contributed by atoms with E-state index in [4.69, 9.17) is 10.5 Å². The number of nitrogens with two attached hydrogens (primary N) is 1. The summed E-state index contributed by atoms with van der Waals surface area (Å²) in [6.45, 7) is 0.836. The van der Waals surface area contributed by atoms with Gasteiger partial charge < -0.3 is 10.5 Å². The van der Waals surface area contributed by atoms with E-state index in [1.54, 1.807) is 0 Å². The summed E-state index contributed by atoms with van der Waals surface area (Å²) in [7, 11) is 0. The Morgan fingerprint density at radius 1 is 0.920 bits per heavy atom. The van der Waals surface area contributed by atoms with Crippen LogP contribution in [-0.4, -0.2) is 15.4 Å². The number of nitrogens with zero attached hydrogens (tertiary/aromatic N) is 2. The van der Waals surface area contributed by atoms with Crippen LogP contribution in [0, 0.1) is 0 Å². The predicted octanol–water partition coefficient (Wildman–Crippen LogP) is 3.66. The molecule has 5 heteroatoms. The molecule has 0 aliphatic rings. The Bertz CT molecular complexity index is 981. The van der Waals surface area contributed by atoms with Gasteiger partial charge in [0, 0.05) is 23.7 Å². The fraction of sp³-hybridized carbons (Fsp3) is 0.100. The molecule has 0 radical (unpaired) electrons. The molecule has 0 aliphatic carbocycles. The van der Waals surface area contributed by atoms with E-state index in [-0.39, 0.29) is 0 Å². The Balaban J connectivity index is 1.82. The molecular weight excluding hydrogens is 312 g/mol. The standard InChI is InChI=1S/C20H18N4O/c21-12-16-18(25-13-14-7-3-1-4-8-14)11-17-20(23-24-22-17)19(16)15-9-5-2-6-10-15/h1-11H,12-13,21H2,(H,22,23,24). The molecule has 0 fully saturated rings. The highest BCUT2D eigenvalue weighted by Crippen LogP contribution is 2.36. The van der Waals surface area contributed by atoms with Gasteiger partial charge in [-0.2, -0.15) is 15.4 Å². The van der Waals surface area contributed by atoms with Gasteiger partial charge in [0.25, 0.3) is 0 Å². The number of rotatable bonds is 5. The zero-order valence-corrected chi connectivity index (χ0v) is 13.6. The molecule has 4 aromatic rings. The van der Waals surface area contributed by atoms with E-state index in [1.807, 2.05) is 66.7 Å². The van der Waals surface area contributed by atoms with E-state index in [1.165, 1.54) is 0 Å². The van der Waals surface area contributed by atoms with E-state index in [2.05, 4.69) is 15.4 Å². The van der Waals surface area contributed by atoms with Crippen LogP contribution in [0.1, 0.15) is 11.1 Å². The van der Waals surface area contributed by atoms with Crippen LogP contribution in [0.2, 0.25) is 0 Å². The third-order valence-electron chi connectivity index (χ3n) is 4.18. The van der Waals surface area contributed by atoms with Gasteiger partial charge in [0.15, 0.2) is 0 Å². The van der Waals surface area contributed by atoms with Crippen molar-refractivity contribution in [2.75, 3.05) is 0 Å². The van der Waals surface area contributed by atoms with Gasteiger partial charge in [0.1, 0.15) is 23.4 Å². The normalized spacial score (nSPS) is 10.9. The van der Waals surface area contributed by atoms with E-state index in [9.17, 15) is 0 Å². The number of ether oxygens (including phenoxy) is 1. The summed E-state index contributed by atoms with van der Waals surface area (Å²) in [6.07, 6.45) is 0. The van der Waals surface area contributed by atoms with Crippen LogP contribution in [0.15, 0.2) is 66.7 Å². The van der Waals surface area contributed by atoms with Gasteiger partial charge >= 0.3 is 0 Å². The number of fused-ring (bicyclic) bond motifs is 1. The van der Waals surface area contributed by atoms with Crippen molar-refractivity contribution in [1.82, 2.24) is 15.4 Å². The number of aromatic amines is 1. The maximum Gasteiger partial charge on any atom is 0.127 e. The highest BCUT2D eigenvalue weighted by molar-refractivity contribution is 5.95. The Morgan fingerprint density at radius 2 is 1.64 bits per heavy atom.